The van der Waals surface area contributed by atoms with Gasteiger partial charge in [-0.2, -0.15) is 0 Å². The zero-order chi connectivity index (χ0) is 12.4. The standard InChI is InChI=1S/C13H8F4/c14-10-3-1-8(6-12(10)16)5-9-2-4-11(15)13(17)7-9/h1-4,6-7H,5H2. The highest BCUT2D eigenvalue weighted by Gasteiger charge is 2.06. The van der Waals surface area contributed by atoms with Gasteiger partial charge in [-0.1, -0.05) is 12.1 Å². The van der Waals surface area contributed by atoms with E-state index >= 15 is 0 Å². The van der Waals surface area contributed by atoms with Gasteiger partial charge in [0.25, 0.3) is 0 Å². The van der Waals surface area contributed by atoms with Crippen LogP contribution in [0.25, 0.3) is 0 Å². The van der Waals surface area contributed by atoms with E-state index in [0.29, 0.717) is 11.1 Å². The summed E-state index contributed by atoms with van der Waals surface area (Å²) in [5.74, 6) is -3.77. The van der Waals surface area contributed by atoms with Crippen LogP contribution in [0, 0.1) is 23.3 Å². The summed E-state index contributed by atoms with van der Waals surface area (Å²) in [4.78, 5) is 0. The van der Waals surface area contributed by atoms with Crippen LogP contribution in [-0.2, 0) is 6.42 Å². The number of benzene rings is 2. The van der Waals surface area contributed by atoms with Crippen molar-refractivity contribution in [1.29, 1.82) is 0 Å². The molecule has 0 N–H and O–H groups in total. The summed E-state index contributed by atoms with van der Waals surface area (Å²) in [6, 6.07) is 6.89. The van der Waals surface area contributed by atoms with Gasteiger partial charge in [0.05, 0.1) is 0 Å². The molecule has 0 fully saturated rings. The first kappa shape index (κ1) is 11.6. The summed E-state index contributed by atoms with van der Waals surface area (Å²) in [5, 5.41) is 0. The molecule has 0 radical (unpaired) electrons. The molecule has 0 spiro atoms. The average molecular weight is 240 g/mol. The molecule has 2 aromatic carbocycles. The lowest BCUT2D eigenvalue weighted by Crippen LogP contribution is -1.93. The number of hydrogen-bond donors (Lipinski definition) is 0. The molecule has 0 unspecified atom stereocenters. The Bertz CT molecular complexity index is 500. The normalized spacial score (nSPS) is 10.6. The molecule has 4 heteroatoms. The van der Waals surface area contributed by atoms with Crippen LogP contribution in [0.15, 0.2) is 36.4 Å². The van der Waals surface area contributed by atoms with Crippen LogP contribution in [0.3, 0.4) is 0 Å². The maximum Gasteiger partial charge on any atom is 0.159 e. The molecule has 0 bridgehead atoms. The van der Waals surface area contributed by atoms with E-state index in [1.807, 2.05) is 0 Å². The first-order chi connectivity index (χ1) is 8.06. The predicted octanol–water partition coefficient (Wildman–Crippen LogP) is 3.83. The first-order valence-corrected chi connectivity index (χ1v) is 4.94. The van der Waals surface area contributed by atoms with E-state index in [-0.39, 0.29) is 6.42 Å². The minimum atomic E-state index is -0.954. The summed E-state index contributed by atoms with van der Waals surface area (Å²) >= 11 is 0. The fourth-order valence-electron chi connectivity index (χ4n) is 1.53. The highest BCUT2D eigenvalue weighted by molar-refractivity contribution is 5.27. The van der Waals surface area contributed by atoms with Crippen molar-refractivity contribution in [3.8, 4) is 0 Å². The van der Waals surface area contributed by atoms with Crippen molar-refractivity contribution in [1.82, 2.24) is 0 Å². The second-order valence-corrected chi connectivity index (χ2v) is 3.67. The van der Waals surface area contributed by atoms with Crippen LogP contribution in [0.5, 0.6) is 0 Å². The van der Waals surface area contributed by atoms with Gasteiger partial charge >= 0.3 is 0 Å². The van der Waals surface area contributed by atoms with Crippen LogP contribution < -0.4 is 0 Å². The van der Waals surface area contributed by atoms with Crippen molar-refractivity contribution in [3.63, 3.8) is 0 Å². The minimum Gasteiger partial charge on any atom is -0.204 e. The molecule has 0 aliphatic rings. The monoisotopic (exact) mass is 240 g/mol. The molecule has 2 aromatic rings. The van der Waals surface area contributed by atoms with Gasteiger partial charge in [0.1, 0.15) is 0 Å². The third-order valence-electron chi connectivity index (χ3n) is 2.38. The second-order valence-electron chi connectivity index (χ2n) is 3.67. The average Bonchev–Trinajstić information content (AvgIpc) is 2.29. The Balaban J connectivity index is 2.25. The lowest BCUT2D eigenvalue weighted by molar-refractivity contribution is 0.506. The zero-order valence-electron chi connectivity index (χ0n) is 8.68. The summed E-state index contributed by atoms with van der Waals surface area (Å²) in [7, 11) is 0. The molecule has 17 heavy (non-hydrogen) atoms. The van der Waals surface area contributed by atoms with E-state index in [4.69, 9.17) is 0 Å². The molecule has 0 aliphatic carbocycles. The van der Waals surface area contributed by atoms with Crippen molar-refractivity contribution in [2.75, 3.05) is 0 Å². The van der Waals surface area contributed by atoms with Crippen molar-refractivity contribution < 1.29 is 17.6 Å². The van der Waals surface area contributed by atoms with E-state index in [2.05, 4.69) is 0 Å². The molecule has 0 atom stereocenters. The van der Waals surface area contributed by atoms with Gasteiger partial charge in [-0.25, -0.2) is 17.6 Å². The van der Waals surface area contributed by atoms with Gasteiger partial charge < -0.3 is 0 Å². The second kappa shape index (κ2) is 4.57. The highest BCUT2D eigenvalue weighted by atomic mass is 19.2. The maximum absolute atomic E-state index is 12.9. The van der Waals surface area contributed by atoms with E-state index in [9.17, 15) is 17.6 Å². The number of rotatable bonds is 2. The lowest BCUT2D eigenvalue weighted by Gasteiger charge is -2.03. The van der Waals surface area contributed by atoms with E-state index < -0.39 is 23.3 Å². The largest absolute Gasteiger partial charge is 0.204 e. The Labute approximate surface area is 95.5 Å². The molecule has 0 saturated carbocycles. The fourth-order valence-corrected chi connectivity index (χ4v) is 1.53. The molecule has 0 nitrogen and oxygen atoms in total. The van der Waals surface area contributed by atoms with Gasteiger partial charge in [-0.15, -0.1) is 0 Å². The molecule has 0 heterocycles. The highest BCUT2D eigenvalue weighted by Crippen LogP contribution is 2.15. The molecular formula is C13H8F4. The summed E-state index contributed by atoms with van der Waals surface area (Å²) in [6.07, 6.45) is 0.217. The molecule has 2 rings (SSSR count). The van der Waals surface area contributed by atoms with Gasteiger partial charge in [0.15, 0.2) is 23.3 Å². The Morgan fingerprint density at radius 3 is 1.35 bits per heavy atom. The summed E-state index contributed by atoms with van der Waals surface area (Å²) in [5.41, 5.74) is 0.991. The zero-order valence-corrected chi connectivity index (χ0v) is 8.68. The SMILES string of the molecule is Fc1ccc(Cc2ccc(F)c(F)c2)cc1F. The Kier molecular flexibility index (Phi) is 3.13. The van der Waals surface area contributed by atoms with E-state index in [0.717, 1.165) is 24.3 Å². The summed E-state index contributed by atoms with van der Waals surface area (Å²) < 4.78 is 51.2. The topological polar surface area (TPSA) is 0 Å². The van der Waals surface area contributed by atoms with Crippen molar-refractivity contribution >= 4 is 0 Å². The van der Waals surface area contributed by atoms with Crippen molar-refractivity contribution in [2.24, 2.45) is 0 Å². The summed E-state index contributed by atoms with van der Waals surface area (Å²) in [6.45, 7) is 0. The predicted molar refractivity (Wildman–Crippen MR) is 55.5 cm³/mol. The molecular weight excluding hydrogens is 232 g/mol. The number of halogens is 4. The van der Waals surface area contributed by atoms with Crippen LogP contribution >= 0.6 is 0 Å². The van der Waals surface area contributed by atoms with Crippen molar-refractivity contribution in [3.05, 3.63) is 70.8 Å². The van der Waals surface area contributed by atoms with Crippen LogP contribution in [0.4, 0.5) is 17.6 Å². The van der Waals surface area contributed by atoms with Crippen LogP contribution in [-0.4, -0.2) is 0 Å². The van der Waals surface area contributed by atoms with E-state index in [1.165, 1.54) is 12.1 Å². The first-order valence-electron chi connectivity index (χ1n) is 4.94. The fraction of sp³-hybridized carbons (Fsp3) is 0.0769. The Morgan fingerprint density at radius 1 is 0.588 bits per heavy atom. The van der Waals surface area contributed by atoms with Crippen LogP contribution in [0.1, 0.15) is 11.1 Å². The van der Waals surface area contributed by atoms with Gasteiger partial charge in [-0.3, -0.25) is 0 Å². The number of hydrogen-bond acceptors (Lipinski definition) is 0. The van der Waals surface area contributed by atoms with Crippen molar-refractivity contribution in [2.45, 2.75) is 6.42 Å². The lowest BCUT2D eigenvalue weighted by atomic mass is 10.0. The Hall–Kier alpha value is -1.84. The van der Waals surface area contributed by atoms with Crippen LogP contribution in [0.2, 0.25) is 0 Å². The Morgan fingerprint density at radius 2 is 1.00 bits per heavy atom. The van der Waals surface area contributed by atoms with Gasteiger partial charge in [0.2, 0.25) is 0 Å². The molecule has 0 aliphatic heterocycles. The molecule has 0 aromatic heterocycles. The minimum absolute atomic E-state index is 0.217. The van der Waals surface area contributed by atoms with E-state index in [1.54, 1.807) is 0 Å². The third kappa shape index (κ3) is 2.64. The quantitative estimate of drug-likeness (QED) is 0.700. The molecule has 0 amide bonds. The molecule has 0 saturated heterocycles. The smallest absolute Gasteiger partial charge is 0.159 e. The van der Waals surface area contributed by atoms with Gasteiger partial charge in [0, 0.05) is 0 Å². The third-order valence-corrected chi connectivity index (χ3v) is 2.38. The van der Waals surface area contributed by atoms with Gasteiger partial charge in [-0.05, 0) is 41.8 Å². The maximum atomic E-state index is 12.9. The molecule has 88 valence electrons.